The largest absolute Gasteiger partial charge is 0.307 e. The number of benzene rings is 6. The maximum Gasteiger partial charge on any atom is 0.0631 e. The van der Waals surface area contributed by atoms with E-state index in [1.165, 1.54) is 82.5 Å². The average Bonchev–Trinajstić information content (AvgIpc) is 3.01. The molecular weight excluding hydrogens is 527 g/mol. The summed E-state index contributed by atoms with van der Waals surface area (Å²) in [4.78, 5) is 5.13. The lowest BCUT2D eigenvalue weighted by Gasteiger charge is -2.38. The van der Waals surface area contributed by atoms with Gasteiger partial charge in [0, 0.05) is 9.79 Å². The van der Waals surface area contributed by atoms with E-state index in [2.05, 4.69) is 160 Å². The Labute approximate surface area is 253 Å². The summed E-state index contributed by atoms with van der Waals surface area (Å²) in [7, 11) is 0. The van der Waals surface area contributed by atoms with Gasteiger partial charge in [0.25, 0.3) is 0 Å². The summed E-state index contributed by atoms with van der Waals surface area (Å²) in [6, 6.07) is 46.3. The molecule has 0 bridgehead atoms. The van der Waals surface area contributed by atoms with Gasteiger partial charge < -0.3 is 4.90 Å². The van der Waals surface area contributed by atoms with Crippen LogP contribution in [0.15, 0.2) is 137 Å². The van der Waals surface area contributed by atoms with E-state index in [1.54, 1.807) is 0 Å². The molecule has 7 rings (SSSR count). The van der Waals surface area contributed by atoms with Gasteiger partial charge in [-0.3, -0.25) is 0 Å². The molecule has 0 saturated heterocycles. The van der Waals surface area contributed by atoms with E-state index in [1.807, 2.05) is 11.8 Å². The third-order valence-corrected chi connectivity index (χ3v) is 9.30. The Hall–Kier alpha value is -4.53. The lowest BCUT2D eigenvalue weighted by atomic mass is 9.95. The maximum absolute atomic E-state index is 2.55. The van der Waals surface area contributed by atoms with Gasteiger partial charge in [0.15, 0.2) is 0 Å². The van der Waals surface area contributed by atoms with Crippen LogP contribution in [-0.4, -0.2) is 0 Å². The number of fused-ring (bicyclic) bond motifs is 2. The molecule has 0 N–H and O–H groups in total. The third-order valence-electron chi connectivity index (χ3n) is 8.23. The van der Waals surface area contributed by atoms with Gasteiger partial charge in [0.1, 0.15) is 0 Å². The highest BCUT2D eigenvalue weighted by molar-refractivity contribution is 7.99. The SMILES string of the molecule is Cc1cc(-c2ccccc2)cc(C)c1N1c2c(C)cc(-c3ccccc3)cc2Sc2cc(-c3ccccc3)cc(C)c21. The topological polar surface area (TPSA) is 3.24 Å². The fourth-order valence-corrected chi connectivity index (χ4v) is 7.68. The first-order valence-electron chi connectivity index (χ1n) is 14.5. The first-order chi connectivity index (χ1) is 20.5. The molecule has 0 aromatic heterocycles. The van der Waals surface area contributed by atoms with Gasteiger partial charge >= 0.3 is 0 Å². The van der Waals surface area contributed by atoms with E-state index >= 15 is 0 Å². The minimum Gasteiger partial charge on any atom is -0.307 e. The fraction of sp³-hybridized carbons (Fsp3) is 0.100. The summed E-state index contributed by atoms with van der Waals surface area (Å²) in [5.74, 6) is 0. The minimum atomic E-state index is 1.25. The molecule has 0 aliphatic carbocycles. The molecule has 6 aromatic carbocycles. The molecule has 0 radical (unpaired) electrons. The monoisotopic (exact) mass is 559 g/mol. The van der Waals surface area contributed by atoms with E-state index in [4.69, 9.17) is 0 Å². The van der Waals surface area contributed by atoms with Gasteiger partial charge in [-0.1, -0.05) is 103 Å². The van der Waals surface area contributed by atoms with Crippen LogP contribution in [0.2, 0.25) is 0 Å². The van der Waals surface area contributed by atoms with Crippen LogP contribution >= 0.6 is 11.8 Å². The molecule has 204 valence electrons. The van der Waals surface area contributed by atoms with Crippen molar-refractivity contribution in [2.24, 2.45) is 0 Å². The molecule has 1 aliphatic heterocycles. The average molecular weight is 560 g/mol. The molecule has 42 heavy (non-hydrogen) atoms. The molecule has 0 spiro atoms. The second-order valence-electron chi connectivity index (χ2n) is 11.3. The molecule has 1 nitrogen and oxygen atoms in total. The summed E-state index contributed by atoms with van der Waals surface area (Å²) in [6.07, 6.45) is 0. The summed E-state index contributed by atoms with van der Waals surface area (Å²) >= 11 is 1.90. The van der Waals surface area contributed by atoms with Gasteiger partial charge in [-0.15, -0.1) is 0 Å². The van der Waals surface area contributed by atoms with Crippen LogP contribution in [0.4, 0.5) is 17.1 Å². The van der Waals surface area contributed by atoms with Gasteiger partial charge in [-0.2, -0.15) is 0 Å². The lowest BCUT2D eigenvalue weighted by molar-refractivity contribution is 1.10. The summed E-state index contributed by atoms with van der Waals surface area (Å²) < 4.78 is 0. The zero-order valence-corrected chi connectivity index (χ0v) is 25.3. The zero-order chi connectivity index (χ0) is 28.8. The van der Waals surface area contributed by atoms with Crippen LogP contribution in [0.3, 0.4) is 0 Å². The number of hydrogen-bond donors (Lipinski definition) is 0. The van der Waals surface area contributed by atoms with Crippen LogP contribution in [0.1, 0.15) is 22.3 Å². The van der Waals surface area contributed by atoms with Crippen LogP contribution in [0.5, 0.6) is 0 Å². The maximum atomic E-state index is 2.55. The second kappa shape index (κ2) is 10.7. The first-order valence-corrected chi connectivity index (χ1v) is 15.3. The van der Waals surface area contributed by atoms with Crippen molar-refractivity contribution in [1.82, 2.24) is 0 Å². The Kier molecular flexibility index (Phi) is 6.72. The molecular formula is C40H33NS. The van der Waals surface area contributed by atoms with E-state index < -0.39 is 0 Å². The molecule has 0 atom stereocenters. The molecule has 6 aromatic rings. The highest BCUT2D eigenvalue weighted by atomic mass is 32.2. The van der Waals surface area contributed by atoms with Crippen LogP contribution in [-0.2, 0) is 0 Å². The Bertz CT molecular complexity index is 1770. The van der Waals surface area contributed by atoms with Crippen molar-refractivity contribution in [3.63, 3.8) is 0 Å². The summed E-state index contributed by atoms with van der Waals surface area (Å²) in [5.41, 5.74) is 16.4. The Balaban J connectivity index is 1.47. The van der Waals surface area contributed by atoms with Crippen LogP contribution < -0.4 is 4.90 Å². The smallest absolute Gasteiger partial charge is 0.0631 e. The molecule has 0 saturated carbocycles. The second-order valence-corrected chi connectivity index (χ2v) is 12.4. The van der Waals surface area contributed by atoms with Crippen molar-refractivity contribution < 1.29 is 0 Å². The molecule has 0 fully saturated rings. The number of hydrogen-bond acceptors (Lipinski definition) is 2. The fourth-order valence-electron chi connectivity index (χ4n) is 6.38. The zero-order valence-electron chi connectivity index (χ0n) is 24.5. The molecule has 1 heterocycles. The first kappa shape index (κ1) is 26.4. The van der Waals surface area contributed by atoms with Crippen molar-refractivity contribution in [2.45, 2.75) is 37.5 Å². The van der Waals surface area contributed by atoms with E-state index in [0.717, 1.165) is 0 Å². The predicted octanol–water partition coefficient (Wildman–Crippen LogP) is 11.9. The van der Waals surface area contributed by atoms with Gasteiger partial charge in [-0.25, -0.2) is 0 Å². The number of rotatable bonds is 4. The standard InChI is InChI=1S/C40H33NS/c1-26-20-33(30-14-8-5-9-15-30)21-27(2)38(26)41-39-28(3)22-34(31-16-10-6-11-17-31)24-36(39)42-37-25-35(23-29(4)40(37)41)32-18-12-7-13-19-32/h5-25H,1-4H3. The molecule has 0 unspecified atom stereocenters. The molecule has 1 aliphatic rings. The van der Waals surface area contributed by atoms with Crippen LogP contribution in [0, 0.1) is 27.7 Å². The van der Waals surface area contributed by atoms with Crippen molar-refractivity contribution in [3.05, 3.63) is 150 Å². The minimum absolute atomic E-state index is 1.25. The van der Waals surface area contributed by atoms with Gasteiger partial charge in [0.05, 0.1) is 17.1 Å². The number of nitrogens with zero attached hydrogens (tertiary/aromatic N) is 1. The van der Waals surface area contributed by atoms with Crippen molar-refractivity contribution in [2.75, 3.05) is 4.90 Å². The summed E-state index contributed by atoms with van der Waals surface area (Å²) in [5, 5.41) is 0. The van der Waals surface area contributed by atoms with Crippen molar-refractivity contribution >= 4 is 28.8 Å². The van der Waals surface area contributed by atoms with Crippen molar-refractivity contribution in [3.8, 4) is 33.4 Å². The lowest BCUT2D eigenvalue weighted by Crippen LogP contribution is -2.19. The number of anilines is 3. The van der Waals surface area contributed by atoms with Crippen molar-refractivity contribution in [1.29, 1.82) is 0 Å². The van der Waals surface area contributed by atoms with Gasteiger partial charge in [-0.05, 0) is 120 Å². The van der Waals surface area contributed by atoms with E-state index in [-0.39, 0.29) is 0 Å². The Morgan fingerprint density at radius 3 is 1.02 bits per heavy atom. The number of aryl methyl sites for hydroxylation is 4. The Morgan fingerprint density at radius 1 is 0.357 bits per heavy atom. The van der Waals surface area contributed by atoms with E-state index in [9.17, 15) is 0 Å². The summed E-state index contributed by atoms with van der Waals surface area (Å²) in [6.45, 7) is 9.05. The molecule has 0 amide bonds. The van der Waals surface area contributed by atoms with Crippen LogP contribution in [0.25, 0.3) is 33.4 Å². The Morgan fingerprint density at radius 2 is 0.667 bits per heavy atom. The normalized spacial score (nSPS) is 12.1. The van der Waals surface area contributed by atoms with Gasteiger partial charge in [0.2, 0.25) is 0 Å². The highest BCUT2D eigenvalue weighted by Gasteiger charge is 2.31. The van der Waals surface area contributed by atoms with E-state index in [0.29, 0.717) is 0 Å². The third kappa shape index (κ3) is 4.62. The quantitative estimate of drug-likeness (QED) is 0.211. The predicted molar refractivity (Wildman–Crippen MR) is 181 cm³/mol. The molecule has 2 heteroatoms. The highest BCUT2D eigenvalue weighted by Crippen LogP contribution is 2.56.